The van der Waals surface area contributed by atoms with Gasteiger partial charge in [0.05, 0.1) is 0 Å². The Labute approximate surface area is 227 Å². The third kappa shape index (κ3) is 3.30. The molecule has 0 bridgehead atoms. The fraction of sp³-hybridized carbons (Fsp3) is 0. The minimum atomic E-state index is 1.26. The molecule has 0 atom stereocenters. The van der Waals surface area contributed by atoms with Crippen LogP contribution in [0.25, 0.3) is 65.3 Å². The van der Waals surface area contributed by atoms with Crippen molar-refractivity contribution in [3.05, 3.63) is 109 Å². The summed E-state index contributed by atoms with van der Waals surface area (Å²) in [6.45, 7) is 0. The lowest BCUT2D eigenvalue weighted by Gasteiger charge is -2.19. The van der Waals surface area contributed by atoms with Gasteiger partial charge >= 0.3 is 0 Å². The zero-order valence-corrected chi connectivity index (χ0v) is 22.4. The van der Waals surface area contributed by atoms with Crippen molar-refractivity contribution in [2.75, 3.05) is 0 Å². The SMILES string of the molecule is Bc1c(B)c(B)c2c(ccc3ccc(-c4c5ccccc5c(-c5ccccc5)c5ccccc45)cc32)c1B. The molecule has 4 heteroatoms. The second-order valence-electron chi connectivity index (χ2n) is 10.6. The van der Waals surface area contributed by atoms with Crippen LogP contribution in [0.15, 0.2) is 109 Å². The van der Waals surface area contributed by atoms with Crippen LogP contribution in [0.4, 0.5) is 0 Å². The third-order valence-electron chi connectivity index (χ3n) is 8.77. The van der Waals surface area contributed by atoms with Gasteiger partial charge in [-0.2, -0.15) is 0 Å². The summed E-state index contributed by atoms with van der Waals surface area (Å²) >= 11 is 0. The highest BCUT2D eigenvalue weighted by Gasteiger charge is 2.17. The number of fused-ring (bicyclic) bond motifs is 5. The van der Waals surface area contributed by atoms with E-state index in [-0.39, 0.29) is 0 Å². The van der Waals surface area contributed by atoms with E-state index in [0.29, 0.717) is 0 Å². The zero-order valence-electron chi connectivity index (χ0n) is 22.4. The van der Waals surface area contributed by atoms with Gasteiger partial charge in [0.15, 0.2) is 0 Å². The first-order chi connectivity index (χ1) is 18.5. The molecule has 0 aromatic heterocycles. The molecule has 7 rings (SSSR count). The summed E-state index contributed by atoms with van der Waals surface area (Å²) < 4.78 is 0. The molecule has 7 aromatic rings. The highest BCUT2D eigenvalue weighted by atomic mass is 14.2. The van der Waals surface area contributed by atoms with Crippen molar-refractivity contribution < 1.29 is 0 Å². The molecule has 0 aliphatic rings. The van der Waals surface area contributed by atoms with Crippen LogP contribution in [0.5, 0.6) is 0 Å². The van der Waals surface area contributed by atoms with Gasteiger partial charge in [0.25, 0.3) is 0 Å². The lowest BCUT2D eigenvalue weighted by molar-refractivity contribution is 1.66. The lowest BCUT2D eigenvalue weighted by atomic mass is 9.64. The molecule has 0 saturated carbocycles. The van der Waals surface area contributed by atoms with Gasteiger partial charge in [-0.1, -0.05) is 114 Å². The molecule has 0 aliphatic carbocycles. The normalized spacial score (nSPS) is 11.6. The second kappa shape index (κ2) is 8.71. The first-order valence-corrected chi connectivity index (χ1v) is 13.5. The van der Waals surface area contributed by atoms with Crippen molar-refractivity contribution in [1.29, 1.82) is 0 Å². The van der Waals surface area contributed by atoms with Gasteiger partial charge in [-0.3, -0.25) is 0 Å². The second-order valence-corrected chi connectivity index (χ2v) is 10.6. The predicted molar refractivity (Wildman–Crippen MR) is 180 cm³/mol. The maximum atomic E-state index is 2.44. The van der Waals surface area contributed by atoms with Crippen LogP contribution in [0, 0.1) is 0 Å². The largest absolute Gasteiger partial charge is 0.139 e. The van der Waals surface area contributed by atoms with Gasteiger partial charge < -0.3 is 0 Å². The topological polar surface area (TPSA) is 0 Å². The van der Waals surface area contributed by atoms with Gasteiger partial charge in [0, 0.05) is 0 Å². The fourth-order valence-electron chi connectivity index (χ4n) is 6.50. The molecule has 0 heterocycles. The molecule has 0 amide bonds. The summed E-state index contributed by atoms with van der Waals surface area (Å²) in [6.07, 6.45) is 0. The molecule has 0 N–H and O–H groups in total. The Hall–Kier alpha value is -4.16. The average molecular weight is 478 g/mol. The van der Waals surface area contributed by atoms with Crippen LogP contribution in [0.2, 0.25) is 0 Å². The van der Waals surface area contributed by atoms with Crippen LogP contribution >= 0.6 is 0 Å². The highest BCUT2D eigenvalue weighted by Crippen LogP contribution is 2.44. The van der Waals surface area contributed by atoms with E-state index >= 15 is 0 Å². The van der Waals surface area contributed by atoms with E-state index in [9.17, 15) is 0 Å². The molecule has 0 radical (unpaired) electrons. The average Bonchev–Trinajstić information content (AvgIpc) is 2.97. The van der Waals surface area contributed by atoms with Gasteiger partial charge in [-0.05, 0) is 71.4 Å². The Balaban J connectivity index is 1.63. The van der Waals surface area contributed by atoms with Crippen molar-refractivity contribution in [3.63, 3.8) is 0 Å². The standard InChI is InChI=1S/C34H26B4/c35-31-26-17-16-19-14-15-21(18-27(19)30(26)32(36)34(38)33(31)37)29-24-12-6-4-10-22(24)28(20-8-2-1-3-9-20)23-11-5-7-13-25(23)29/h1-18H,35-38H2. The Morgan fingerprint density at radius 3 is 1.45 bits per heavy atom. The zero-order chi connectivity index (χ0) is 26.0. The number of hydrogen-bond donors (Lipinski definition) is 0. The Kier molecular flexibility index (Phi) is 5.27. The molecule has 174 valence electrons. The van der Waals surface area contributed by atoms with Crippen LogP contribution < -0.4 is 21.9 Å². The van der Waals surface area contributed by atoms with Gasteiger partial charge in [0.1, 0.15) is 31.4 Å². The lowest BCUT2D eigenvalue weighted by Crippen LogP contribution is -2.47. The highest BCUT2D eigenvalue weighted by molar-refractivity contribution is 6.67. The summed E-state index contributed by atoms with van der Waals surface area (Å²) in [5, 5.41) is 10.6. The number of benzene rings is 7. The third-order valence-corrected chi connectivity index (χ3v) is 8.77. The Bertz CT molecular complexity index is 2000. The maximum Gasteiger partial charge on any atom is 0.139 e. The molecule has 38 heavy (non-hydrogen) atoms. The molecule has 0 saturated heterocycles. The molecule has 0 aliphatic heterocycles. The van der Waals surface area contributed by atoms with E-state index < -0.39 is 0 Å². The summed E-state index contributed by atoms with van der Waals surface area (Å²) in [6, 6.07) is 40.3. The Morgan fingerprint density at radius 2 is 0.842 bits per heavy atom. The Morgan fingerprint density at radius 1 is 0.342 bits per heavy atom. The molecule has 0 fully saturated rings. The van der Waals surface area contributed by atoms with Crippen molar-refractivity contribution >= 4 is 96.3 Å². The molecule has 0 nitrogen and oxygen atoms in total. The molecular formula is C34H26B4. The van der Waals surface area contributed by atoms with E-state index in [1.54, 1.807) is 0 Å². The van der Waals surface area contributed by atoms with Gasteiger partial charge in [-0.15, -0.1) is 10.9 Å². The smallest absolute Gasteiger partial charge is 0.101 e. The van der Waals surface area contributed by atoms with Crippen LogP contribution in [0.1, 0.15) is 0 Å². The van der Waals surface area contributed by atoms with E-state index in [2.05, 4.69) is 141 Å². The van der Waals surface area contributed by atoms with Crippen molar-refractivity contribution in [2.24, 2.45) is 0 Å². The maximum absolute atomic E-state index is 2.44. The predicted octanol–water partition coefficient (Wildman–Crippen LogP) is 2.67. The van der Waals surface area contributed by atoms with Gasteiger partial charge in [0.2, 0.25) is 0 Å². The van der Waals surface area contributed by atoms with Crippen molar-refractivity contribution in [3.8, 4) is 22.3 Å². The first-order valence-electron chi connectivity index (χ1n) is 13.5. The van der Waals surface area contributed by atoms with E-state index in [4.69, 9.17) is 0 Å². The minimum absolute atomic E-state index is 1.26. The quantitative estimate of drug-likeness (QED) is 0.204. The van der Waals surface area contributed by atoms with Crippen molar-refractivity contribution in [1.82, 2.24) is 0 Å². The fourth-order valence-corrected chi connectivity index (χ4v) is 6.50. The molecule has 7 aromatic carbocycles. The molecular weight excluding hydrogens is 452 g/mol. The first kappa shape index (κ1) is 23.0. The minimum Gasteiger partial charge on any atom is -0.101 e. The summed E-state index contributed by atoms with van der Waals surface area (Å²) in [7, 11) is 9.08. The monoisotopic (exact) mass is 478 g/mol. The summed E-state index contributed by atoms with van der Waals surface area (Å²) in [5.74, 6) is 0. The van der Waals surface area contributed by atoms with Crippen LogP contribution in [-0.2, 0) is 0 Å². The van der Waals surface area contributed by atoms with Crippen LogP contribution in [0.3, 0.4) is 0 Å². The molecule has 0 unspecified atom stereocenters. The van der Waals surface area contributed by atoms with Crippen LogP contribution in [-0.4, -0.2) is 31.4 Å². The van der Waals surface area contributed by atoms with Gasteiger partial charge in [-0.25, -0.2) is 0 Å². The summed E-state index contributed by atoms with van der Waals surface area (Å²) in [4.78, 5) is 0. The molecule has 0 spiro atoms. The van der Waals surface area contributed by atoms with Crippen molar-refractivity contribution in [2.45, 2.75) is 0 Å². The number of hydrogen-bond acceptors (Lipinski definition) is 0. The van der Waals surface area contributed by atoms with E-state index in [1.165, 1.54) is 87.2 Å². The van der Waals surface area contributed by atoms with E-state index in [1.807, 2.05) is 0 Å². The summed E-state index contributed by atoms with van der Waals surface area (Å²) in [5.41, 5.74) is 10.7. The van der Waals surface area contributed by atoms with E-state index in [0.717, 1.165) is 0 Å². The number of rotatable bonds is 2.